The van der Waals surface area contributed by atoms with Crippen molar-refractivity contribution < 1.29 is 0 Å². The first-order valence-electron chi connectivity index (χ1n) is 5.82. The van der Waals surface area contributed by atoms with E-state index in [4.69, 9.17) is 5.26 Å². The van der Waals surface area contributed by atoms with E-state index in [9.17, 15) is 0 Å². The van der Waals surface area contributed by atoms with Crippen molar-refractivity contribution >= 4 is 33.3 Å². The maximum atomic E-state index is 8.88. The molecule has 19 heavy (non-hydrogen) atoms. The van der Waals surface area contributed by atoms with E-state index in [1.165, 1.54) is 5.56 Å². The lowest BCUT2D eigenvalue weighted by Crippen LogP contribution is -1.78. The van der Waals surface area contributed by atoms with Crippen molar-refractivity contribution in [3.05, 3.63) is 59.7 Å². The van der Waals surface area contributed by atoms with Crippen LogP contribution in [0.5, 0.6) is 0 Å². The number of benzene rings is 2. The molecule has 2 nitrogen and oxygen atoms in total. The summed E-state index contributed by atoms with van der Waals surface area (Å²) in [6.45, 7) is 0. The fourth-order valence-corrected chi connectivity index (χ4v) is 3.82. The van der Waals surface area contributed by atoms with Gasteiger partial charge >= 0.3 is 0 Å². The first-order valence-corrected chi connectivity index (χ1v) is 7.63. The summed E-state index contributed by atoms with van der Waals surface area (Å²) in [7, 11) is 0. The second-order valence-corrected chi connectivity index (χ2v) is 6.30. The molecule has 0 unspecified atom stereocenters. The Labute approximate surface area is 119 Å². The van der Waals surface area contributed by atoms with E-state index in [1.54, 1.807) is 23.1 Å². The van der Waals surface area contributed by atoms with Gasteiger partial charge in [0.25, 0.3) is 0 Å². The highest BCUT2D eigenvalue weighted by atomic mass is 32.2. The summed E-state index contributed by atoms with van der Waals surface area (Å²) in [5.74, 6) is 0.922. The van der Waals surface area contributed by atoms with Crippen molar-refractivity contribution in [3.63, 3.8) is 0 Å². The van der Waals surface area contributed by atoms with Gasteiger partial charge in [-0.25, -0.2) is 4.98 Å². The highest BCUT2D eigenvalue weighted by Gasteiger charge is 2.05. The van der Waals surface area contributed by atoms with Crippen molar-refractivity contribution in [2.45, 2.75) is 10.1 Å². The van der Waals surface area contributed by atoms with Gasteiger partial charge in [0.2, 0.25) is 0 Å². The van der Waals surface area contributed by atoms with Crippen LogP contribution in [-0.2, 0) is 5.75 Å². The summed E-state index contributed by atoms with van der Waals surface area (Å²) in [4.78, 5) is 4.58. The van der Waals surface area contributed by atoms with Gasteiger partial charge in [0.05, 0.1) is 21.8 Å². The second kappa shape index (κ2) is 5.43. The van der Waals surface area contributed by atoms with Crippen molar-refractivity contribution in [2.75, 3.05) is 0 Å². The van der Waals surface area contributed by atoms with E-state index < -0.39 is 0 Å². The third-order valence-electron chi connectivity index (χ3n) is 2.70. The zero-order valence-corrected chi connectivity index (χ0v) is 11.7. The van der Waals surface area contributed by atoms with Gasteiger partial charge in [-0.05, 0) is 23.8 Å². The second-order valence-electron chi connectivity index (χ2n) is 4.05. The summed E-state index contributed by atoms with van der Waals surface area (Å²) in [5, 5.41) is 8.88. The lowest BCUT2D eigenvalue weighted by atomic mass is 10.2. The summed E-state index contributed by atoms with van der Waals surface area (Å²) in [6.07, 6.45) is 0. The lowest BCUT2D eigenvalue weighted by molar-refractivity contribution is 1.29. The number of aromatic nitrogens is 1. The molecule has 3 rings (SSSR count). The van der Waals surface area contributed by atoms with E-state index in [0.29, 0.717) is 5.56 Å². The van der Waals surface area contributed by atoms with E-state index in [0.717, 1.165) is 20.3 Å². The van der Waals surface area contributed by atoms with Gasteiger partial charge in [-0.1, -0.05) is 42.1 Å². The molecule has 0 amide bonds. The predicted octanol–water partition coefficient (Wildman–Crippen LogP) is 4.46. The quantitative estimate of drug-likeness (QED) is 0.665. The number of fused-ring (bicyclic) bond motifs is 1. The van der Waals surface area contributed by atoms with Crippen LogP contribution in [0.25, 0.3) is 10.2 Å². The number of rotatable bonds is 3. The van der Waals surface area contributed by atoms with E-state index in [2.05, 4.69) is 23.2 Å². The number of hydrogen-bond donors (Lipinski definition) is 0. The van der Waals surface area contributed by atoms with Gasteiger partial charge in [-0.3, -0.25) is 0 Å². The zero-order chi connectivity index (χ0) is 13.1. The predicted molar refractivity (Wildman–Crippen MR) is 80.3 cm³/mol. The largest absolute Gasteiger partial charge is 0.230 e. The Hall–Kier alpha value is -1.83. The third kappa shape index (κ3) is 2.78. The Morgan fingerprint density at radius 3 is 2.79 bits per heavy atom. The molecule has 4 heteroatoms. The molecule has 0 fully saturated rings. The average molecular weight is 282 g/mol. The van der Waals surface area contributed by atoms with E-state index >= 15 is 0 Å². The van der Waals surface area contributed by atoms with Crippen molar-refractivity contribution in [3.8, 4) is 6.07 Å². The molecular formula is C15H10N2S2. The molecule has 3 aromatic rings. The maximum Gasteiger partial charge on any atom is 0.151 e. The Morgan fingerprint density at radius 1 is 1.16 bits per heavy atom. The van der Waals surface area contributed by atoms with Crippen LogP contribution in [0.4, 0.5) is 0 Å². The highest BCUT2D eigenvalue weighted by Crippen LogP contribution is 2.31. The van der Waals surface area contributed by atoms with E-state index in [1.807, 2.05) is 36.4 Å². The number of thiazole rings is 1. The van der Waals surface area contributed by atoms with Gasteiger partial charge < -0.3 is 0 Å². The smallest absolute Gasteiger partial charge is 0.151 e. The van der Waals surface area contributed by atoms with Gasteiger partial charge in [-0.2, -0.15) is 5.26 Å². The molecule has 0 atom stereocenters. The Morgan fingerprint density at radius 2 is 2.00 bits per heavy atom. The van der Waals surface area contributed by atoms with Crippen LogP contribution >= 0.6 is 23.1 Å². The number of nitriles is 1. The summed E-state index contributed by atoms with van der Waals surface area (Å²) in [5.41, 5.74) is 2.96. The molecule has 0 bridgehead atoms. The number of thioether (sulfide) groups is 1. The third-order valence-corrected chi connectivity index (χ3v) is 4.94. The molecule has 92 valence electrons. The molecule has 1 aromatic heterocycles. The van der Waals surface area contributed by atoms with Crippen LogP contribution in [0, 0.1) is 11.3 Å². The minimum Gasteiger partial charge on any atom is -0.230 e. The Bertz CT molecular complexity index is 742. The standard InChI is InChI=1S/C15H10N2S2/c16-9-12-6-7-13-14(8-12)19-15(17-13)18-10-11-4-2-1-3-5-11/h1-8H,10H2. The average Bonchev–Trinajstić information content (AvgIpc) is 2.88. The molecule has 0 radical (unpaired) electrons. The van der Waals surface area contributed by atoms with Gasteiger partial charge in [0.15, 0.2) is 4.34 Å². The topological polar surface area (TPSA) is 36.7 Å². The molecule has 1 heterocycles. The van der Waals surface area contributed by atoms with Gasteiger partial charge in [-0.15, -0.1) is 11.3 Å². The van der Waals surface area contributed by atoms with Crippen LogP contribution in [-0.4, -0.2) is 4.98 Å². The first kappa shape index (κ1) is 12.2. The molecule has 0 aliphatic rings. The summed E-state index contributed by atoms with van der Waals surface area (Å²) < 4.78 is 2.13. The molecule has 0 aliphatic heterocycles. The molecular weight excluding hydrogens is 272 g/mol. The zero-order valence-electron chi connectivity index (χ0n) is 10.0. The van der Waals surface area contributed by atoms with Crippen molar-refractivity contribution in [1.29, 1.82) is 5.26 Å². The van der Waals surface area contributed by atoms with Crippen LogP contribution in [0.15, 0.2) is 52.9 Å². The number of nitrogens with zero attached hydrogens (tertiary/aromatic N) is 2. The maximum absolute atomic E-state index is 8.88. The highest BCUT2D eigenvalue weighted by molar-refractivity contribution is 8.00. The molecule has 0 spiro atoms. The monoisotopic (exact) mass is 282 g/mol. The Balaban J connectivity index is 1.80. The summed E-state index contributed by atoms with van der Waals surface area (Å²) >= 11 is 3.38. The fourth-order valence-electron chi connectivity index (χ4n) is 1.75. The molecule has 0 N–H and O–H groups in total. The van der Waals surface area contributed by atoms with Crippen LogP contribution < -0.4 is 0 Å². The first-order chi connectivity index (χ1) is 9.35. The van der Waals surface area contributed by atoms with Gasteiger partial charge in [0, 0.05) is 5.75 Å². The van der Waals surface area contributed by atoms with Crippen LogP contribution in [0.1, 0.15) is 11.1 Å². The molecule has 2 aromatic carbocycles. The minimum absolute atomic E-state index is 0.691. The molecule has 0 aliphatic carbocycles. The molecule has 0 saturated carbocycles. The molecule has 0 saturated heterocycles. The lowest BCUT2D eigenvalue weighted by Gasteiger charge is -1.97. The number of hydrogen-bond acceptors (Lipinski definition) is 4. The fraction of sp³-hybridized carbons (Fsp3) is 0.0667. The van der Waals surface area contributed by atoms with E-state index in [-0.39, 0.29) is 0 Å². The normalized spacial score (nSPS) is 10.5. The van der Waals surface area contributed by atoms with Crippen molar-refractivity contribution in [2.24, 2.45) is 0 Å². The Kier molecular flexibility index (Phi) is 3.49. The van der Waals surface area contributed by atoms with Crippen LogP contribution in [0.2, 0.25) is 0 Å². The SMILES string of the molecule is N#Cc1ccc2nc(SCc3ccccc3)sc2c1. The minimum atomic E-state index is 0.691. The van der Waals surface area contributed by atoms with Crippen molar-refractivity contribution in [1.82, 2.24) is 4.98 Å². The summed E-state index contributed by atoms with van der Waals surface area (Å²) in [6, 6.07) is 18.1. The van der Waals surface area contributed by atoms with Crippen LogP contribution in [0.3, 0.4) is 0 Å². The van der Waals surface area contributed by atoms with Gasteiger partial charge in [0.1, 0.15) is 0 Å².